The van der Waals surface area contributed by atoms with E-state index in [0.717, 1.165) is 11.7 Å². The molecule has 0 radical (unpaired) electrons. The maximum absolute atomic E-state index is 12.3. The van der Waals surface area contributed by atoms with Gasteiger partial charge in [-0.2, -0.15) is 0 Å². The molecule has 2 aliphatic rings. The van der Waals surface area contributed by atoms with Gasteiger partial charge in [-0.25, -0.2) is 0 Å². The number of thioether (sulfide) groups is 2. The summed E-state index contributed by atoms with van der Waals surface area (Å²) in [5, 5.41) is 12.2. The van der Waals surface area contributed by atoms with Crippen molar-refractivity contribution in [3.05, 3.63) is 40.5 Å². The Kier molecular flexibility index (Phi) is 5.88. The highest BCUT2D eigenvalue weighted by molar-refractivity contribution is 8.04. The molecule has 0 aliphatic carbocycles. The molecule has 10 heteroatoms. The molecule has 0 saturated heterocycles. The van der Waals surface area contributed by atoms with Crippen LogP contribution in [0.1, 0.15) is 50.0 Å². The number of nitrogens with one attached hydrogen (secondary N) is 1. The predicted octanol–water partition coefficient (Wildman–Crippen LogP) is 3.33. The van der Waals surface area contributed by atoms with Crippen molar-refractivity contribution >= 4 is 41.0 Å². The van der Waals surface area contributed by atoms with E-state index >= 15 is 0 Å². The molecular weight excluding hydrogens is 422 g/mol. The largest absolute Gasteiger partial charge is 0.459 e. The molecule has 1 amide bonds. The highest BCUT2D eigenvalue weighted by Gasteiger charge is 2.41. The minimum atomic E-state index is -0.408. The van der Waals surface area contributed by atoms with E-state index in [1.807, 2.05) is 4.57 Å². The molecule has 2 aliphatic heterocycles. The number of amides is 1. The molecule has 0 aromatic carbocycles. The van der Waals surface area contributed by atoms with Crippen LogP contribution in [0.3, 0.4) is 0 Å². The van der Waals surface area contributed by atoms with Gasteiger partial charge in [-0.05, 0) is 30.9 Å². The number of nitrogens with zero attached hydrogens (tertiary/aromatic N) is 4. The van der Waals surface area contributed by atoms with Gasteiger partial charge in [0.25, 0.3) is 5.91 Å². The standard InChI is InChI=1S/C20H23N5O3S2/c1-10(2)16-22-19-15(11(3)12(4)30-19)17-23-24-20(25(16)17)29-9-13(26)8-21-18(27)14-6-5-7-28-14/h5-7,10,15,19H,8-9H2,1-4H3,(H,21,27). The molecule has 4 rings (SSSR count). The third-order valence-corrected chi connectivity index (χ3v) is 7.38. The van der Waals surface area contributed by atoms with E-state index in [4.69, 9.17) is 9.41 Å². The van der Waals surface area contributed by atoms with Crippen molar-refractivity contribution in [3.63, 3.8) is 0 Å². The Morgan fingerprint density at radius 3 is 2.83 bits per heavy atom. The maximum Gasteiger partial charge on any atom is 0.287 e. The van der Waals surface area contributed by atoms with Crippen molar-refractivity contribution in [3.8, 4) is 0 Å². The zero-order chi connectivity index (χ0) is 21.4. The second-order valence-electron chi connectivity index (χ2n) is 7.53. The first-order valence-electron chi connectivity index (χ1n) is 9.70. The first kappa shape index (κ1) is 20.9. The summed E-state index contributed by atoms with van der Waals surface area (Å²) in [5.74, 6) is 1.97. The molecule has 0 bridgehead atoms. The maximum atomic E-state index is 12.3. The van der Waals surface area contributed by atoms with Crippen molar-refractivity contribution in [1.29, 1.82) is 0 Å². The predicted molar refractivity (Wildman–Crippen MR) is 117 cm³/mol. The number of carbonyl (C=O) groups excluding carboxylic acids is 2. The van der Waals surface area contributed by atoms with Crippen LogP contribution in [0.5, 0.6) is 0 Å². The minimum absolute atomic E-state index is 0.0684. The average Bonchev–Trinajstić information content (AvgIpc) is 3.44. The number of aliphatic imine (C=N–C) groups is 1. The Labute approximate surface area is 183 Å². The molecule has 2 atom stereocenters. The van der Waals surface area contributed by atoms with Crippen LogP contribution in [-0.2, 0) is 4.79 Å². The third kappa shape index (κ3) is 3.85. The lowest BCUT2D eigenvalue weighted by Gasteiger charge is -2.27. The monoisotopic (exact) mass is 445 g/mol. The summed E-state index contributed by atoms with van der Waals surface area (Å²) in [6, 6.07) is 3.18. The quantitative estimate of drug-likeness (QED) is 0.652. The van der Waals surface area contributed by atoms with E-state index in [2.05, 4.69) is 43.2 Å². The first-order chi connectivity index (χ1) is 14.4. The SMILES string of the molecule is CC1=C(C)C2c3nnc(SCC(=O)CNC(=O)c4ccco4)n3C(C(C)C)=NC2S1. The second-order valence-corrected chi connectivity index (χ2v) is 9.80. The number of allylic oxidation sites excluding steroid dienone is 1. The van der Waals surface area contributed by atoms with Crippen LogP contribution in [0.2, 0.25) is 0 Å². The molecule has 0 fully saturated rings. The fourth-order valence-corrected chi connectivity index (χ4v) is 5.56. The van der Waals surface area contributed by atoms with Crippen LogP contribution in [0.4, 0.5) is 0 Å². The number of hydrogen-bond acceptors (Lipinski definition) is 8. The topological polar surface area (TPSA) is 102 Å². The number of rotatable bonds is 7. The van der Waals surface area contributed by atoms with Crippen molar-refractivity contribution in [2.24, 2.45) is 10.9 Å². The van der Waals surface area contributed by atoms with Gasteiger partial charge in [0.2, 0.25) is 0 Å². The number of hydrogen-bond donors (Lipinski definition) is 1. The highest BCUT2D eigenvalue weighted by atomic mass is 32.2. The van der Waals surface area contributed by atoms with Crippen molar-refractivity contribution in [2.45, 2.75) is 44.1 Å². The van der Waals surface area contributed by atoms with E-state index in [9.17, 15) is 9.59 Å². The van der Waals surface area contributed by atoms with Gasteiger partial charge in [0.05, 0.1) is 24.5 Å². The zero-order valence-corrected chi connectivity index (χ0v) is 18.8. The van der Waals surface area contributed by atoms with E-state index < -0.39 is 5.91 Å². The number of fused-ring (bicyclic) bond motifs is 3. The minimum Gasteiger partial charge on any atom is -0.459 e. The second kappa shape index (κ2) is 8.43. The summed E-state index contributed by atoms with van der Waals surface area (Å²) >= 11 is 3.10. The lowest BCUT2D eigenvalue weighted by atomic mass is 9.97. The molecule has 0 saturated carbocycles. The van der Waals surface area contributed by atoms with Crippen LogP contribution in [-0.4, -0.2) is 50.0 Å². The van der Waals surface area contributed by atoms with E-state index in [1.165, 1.54) is 28.5 Å². The van der Waals surface area contributed by atoms with Crippen molar-refractivity contribution in [1.82, 2.24) is 20.1 Å². The van der Waals surface area contributed by atoms with Gasteiger partial charge >= 0.3 is 0 Å². The molecule has 30 heavy (non-hydrogen) atoms. The fraction of sp³-hybridized carbons (Fsp3) is 0.450. The summed E-state index contributed by atoms with van der Waals surface area (Å²) in [6.45, 7) is 8.37. The lowest BCUT2D eigenvalue weighted by molar-refractivity contribution is -0.115. The number of carbonyl (C=O) groups is 2. The number of aromatic nitrogens is 3. The molecule has 0 spiro atoms. The smallest absolute Gasteiger partial charge is 0.287 e. The van der Waals surface area contributed by atoms with E-state index in [-0.39, 0.29) is 41.1 Å². The Morgan fingerprint density at radius 1 is 1.33 bits per heavy atom. The summed E-state index contributed by atoms with van der Waals surface area (Å²) < 4.78 is 7.03. The molecule has 2 unspecified atom stereocenters. The van der Waals surface area contributed by atoms with Gasteiger partial charge in [-0.1, -0.05) is 31.2 Å². The van der Waals surface area contributed by atoms with Crippen molar-refractivity contribution < 1.29 is 14.0 Å². The third-order valence-electron chi connectivity index (χ3n) is 5.10. The van der Waals surface area contributed by atoms with Crippen LogP contribution in [0.15, 0.2) is 43.4 Å². The Balaban J connectivity index is 1.46. The van der Waals surface area contributed by atoms with Crippen molar-refractivity contribution in [2.75, 3.05) is 12.3 Å². The van der Waals surface area contributed by atoms with Gasteiger partial charge in [0.1, 0.15) is 17.0 Å². The summed E-state index contributed by atoms with van der Waals surface area (Å²) in [4.78, 5) is 30.5. The Hall–Kier alpha value is -2.33. The summed E-state index contributed by atoms with van der Waals surface area (Å²) in [6.07, 6.45) is 1.42. The molecule has 4 heterocycles. The first-order valence-corrected chi connectivity index (χ1v) is 11.6. The van der Waals surface area contributed by atoms with Gasteiger partial charge in [-0.15, -0.1) is 22.0 Å². The van der Waals surface area contributed by atoms with Gasteiger partial charge in [0, 0.05) is 5.92 Å². The highest BCUT2D eigenvalue weighted by Crippen LogP contribution is 2.49. The van der Waals surface area contributed by atoms with Gasteiger partial charge < -0.3 is 9.73 Å². The number of ketones is 1. The normalized spacial score (nSPS) is 20.2. The Bertz CT molecular complexity index is 1040. The van der Waals surface area contributed by atoms with E-state index in [0.29, 0.717) is 5.16 Å². The van der Waals surface area contributed by atoms with Crippen LogP contribution in [0.25, 0.3) is 0 Å². The van der Waals surface area contributed by atoms with Crippen LogP contribution >= 0.6 is 23.5 Å². The molecule has 8 nitrogen and oxygen atoms in total. The van der Waals surface area contributed by atoms with Gasteiger partial charge in [-0.3, -0.25) is 19.1 Å². The molecule has 1 N–H and O–H groups in total. The van der Waals surface area contributed by atoms with Crippen LogP contribution < -0.4 is 5.32 Å². The number of furan rings is 1. The lowest BCUT2D eigenvalue weighted by Crippen LogP contribution is -2.32. The zero-order valence-electron chi connectivity index (χ0n) is 17.2. The summed E-state index contributed by atoms with van der Waals surface area (Å²) in [7, 11) is 0. The van der Waals surface area contributed by atoms with E-state index in [1.54, 1.807) is 23.9 Å². The molecule has 2 aromatic rings. The summed E-state index contributed by atoms with van der Waals surface area (Å²) in [5.41, 5.74) is 1.28. The van der Waals surface area contributed by atoms with Crippen LogP contribution in [0, 0.1) is 5.92 Å². The number of Topliss-reactive ketones (excluding diaryl/α,β-unsaturated/α-hetero) is 1. The average molecular weight is 446 g/mol. The molecule has 158 valence electrons. The fourth-order valence-electron chi connectivity index (χ4n) is 3.45. The molecular formula is C20H23N5O3S2. The Morgan fingerprint density at radius 2 is 2.13 bits per heavy atom. The van der Waals surface area contributed by atoms with Gasteiger partial charge in [0.15, 0.2) is 16.7 Å². The molecule has 2 aromatic heterocycles.